The number of esters is 1. The van der Waals surface area contributed by atoms with Crippen LogP contribution in [0.15, 0.2) is 11.8 Å². The van der Waals surface area contributed by atoms with E-state index in [2.05, 4.69) is 40.8 Å². The van der Waals surface area contributed by atoms with E-state index in [4.69, 9.17) is 13.9 Å². The van der Waals surface area contributed by atoms with Crippen molar-refractivity contribution < 1.29 is 23.5 Å². The van der Waals surface area contributed by atoms with Gasteiger partial charge in [-0.2, -0.15) is 0 Å². The van der Waals surface area contributed by atoms with Crippen LogP contribution >= 0.6 is 0 Å². The van der Waals surface area contributed by atoms with Crippen LogP contribution in [0.25, 0.3) is 0 Å². The molecular formula is C24H40O5Si. The number of hydrogen-bond donors (Lipinski definition) is 0. The Hall–Kier alpha value is -1.14. The molecule has 3 aliphatic rings. The molecule has 0 radical (unpaired) electrons. The number of allylic oxidation sites excluding steroid dienone is 1. The molecule has 2 fully saturated rings. The second kappa shape index (κ2) is 8.08. The van der Waals surface area contributed by atoms with Crippen molar-refractivity contribution in [3.63, 3.8) is 0 Å². The summed E-state index contributed by atoms with van der Waals surface area (Å²) in [7, 11) is -1.97. The van der Waals surface area contributed by atoms with Crippen molar-refractivity contribution in [1.82, 2.24) is 0 Å². The Kier molecular flexibility index (Phi) is 6.34. The minimum absolute atomic E-state index is 0.0986. The SMILES string of the molecule is C[C@@H]1CC[C@@H]2[C@@H]1CC(=O)[C@@H](CC1=CC(=O)OC(C)(C)O1)C[C@H]2O[Si](C)(C)C(C)(C)C. The van der Waals surface area contributed by atoms with Crippen LogP contribution in [0.1, 0.15) is 73.6 Å². The normalized spacial score (nSPS) is 34.5. The summed E-state index contributed by atoms with van der Waals surface area (Å²) < 4.78 is 18.0. The molecular weight excluding hydrogens is 396 g/mol. The Morgan fingerprint density at radius 3 is 2.40 bits per heavy atom. The maximum absolute atomic E-state index is 13.3. The third-order valence-electron chi connectivity index (χ3n) is 7.82. The smallest absolute Gasteiger partial charge is 0.337 e. The largest absolute Gasteiger partial charge is 0.457 e. The van der Waals surface area contributed by atoms with Crippen LogP contribution in [-0.4, -0.2) is 32.0 Å². The summed E-state index contributed by atoms with van der Waals surface area (Å²) in [5, 5.41) is 0.126. The molecule has 170 valence electrons. The molecule has 0 aromatic carbocycles. The fourth-order valence-corrected chi connectivity index (χ4v) is 6.49. The fraction of sp³-hybridized carbons (Fsp3) is 0.833. The van der Waals surface area contributed by atoms with E-state index in [0.29, 0.717) is 42.1 Å². The number of hydrogen-bond acceptors (Lipinski definition) is 5. The fourth-order valence-electron chi connectivity index (χ4n) is 5.11. The zero-order valence-corrected chi connectivity index (χ0v) is 21.0. The first-order chi connectivity index (χ1) is 13.7. The van der Waals surface area contributed by atoms with Crippen molar-refractivity contribution in [1.29, 1.82) is 0 Å². The van der Waals surface area contributed by atoms with Gasteiger partial charge in [0.05, 0.1) is 6.08 Å². The summed E-state index contributed by atoms with van der Waals surface area (Å²) in [5.41, 5.74) is 0. The molecule has 6 heteroatoms. The van der Waals surface area contributed by atoms with Crippen molar-refractivity contribution in [3.8, 4) is 0 Å². The molecule has 0 unspecified atom stereocenters. The monoisotopic (exact) mass is 436 g/mol. The molecule has 0 N–H and O–H groups in total. The summed E-state index contributed by atoms with van der Waals surface area (Å²) in [5.74, 6) is 0.694. The lowest BCUT2D eigenvalue weighted by Gasteiger charge is -2.42. The third kappa shape index (κ3) is 5.01. The molecule has 0 amide bonds. The number of fused-ring (bicyclic) bond motifs is 1. The first-order valence-electron chi connectivity index (χ1n) is 11.5. The van der Waals surface area contributed by atoms with Crippen molar-refractivity contribution in [2.75, 3.05) is 0 Å². The molecule has 1 heterocycles. The number of cyclic esters (lactones) is 1. The van der Waals surface area contributed by atoms with E-state index < -0.39 is 20.1 Å². The maximum Gasteiger partial charge on any atom is 0.337 e. The molecule has 2 aliphatic carbocycles. The van der Waals surface area contributed by atoms with Crippen LogP contribution in [0.2, 0.25) is 18.1 Å². The minimum atomic E-state index is -1.97. The lowest BCUT2D eigenvalue weighted by molar-refractivity contribution is -0.206. The van der Waals surface area contributed by atoms with Crippen LogP contribution in [0.3, 0.4) is 0 Å². The third-order valence-corrected chi connectivity index (χ3v) is 12.3. The predicted molar refractivity (Wildman–Crippen MR) is 119 cm³/mol. The van der Waals surface area contributed by atoms with E-state index in [-0.39, 0.29) is 17.1 Å². The lowest BCUT2D eigenvalue weighted by atomic mass is 9.85. The molecule has 0 aromatic rings. The number of carbonyl (C=O) groups is 2. The molecule has 30 heavy (non-hydrogen) atoms. The number of Topliss-reactive ketones (excluding diaryl/α,β-unsaturated/α-hetero) is 1. The Labute approximate surface area is 183 Å². The minimum Gasteiger partial charge on any atom is -0.457 e. The van der Waals surface area contributed by atoms with Crippen LogP contribution in [0, 0.1) is 23.7 Å². The Balaban J connectivity index is 1.85. The first kappa shape index (κ1) is 23.5. The van der Waals surface area contributed by atoms with Crippen LogP contribution in [-0.2, 0) is 23.5 Å². The number of ether oxygens (including phenoxy) is 2. The molecule has 0 saturated heterocycles. The summed E-state index contributed by atoms with van der Waals surface area (Å²) in [4.78, 5) is 25.2. The maximum atomic E-state index is 13.3. The average Bonchev–Trinajstić information content (AvgIpc) is 2.85. The van der Waals surface area contributed by atoms with Crippen molar-refractivity contribution in [2.45, 2.75) is 104 Å². The molecule has 5 atom stereocenters. The van der Waals surface area contributed by atoms with E-state index in [9.17, 15) is 9.59 Å². The molecule has 0 aromatic heterocycles. The van der Waals surface area contributed by atoms with Gasteiger partial charge in [0.2, 0.25) is 5.79 Å². The van der Waals surface area contributed by atoms with Gasteiger partial charge in [-0.15, -0.1) is 0 Å². The van der Waals surface area contributed by atoms with Crippen LogP contribution < -0.4 is 0 Å². The van der Waals surface area contributed by atoms with E-state index in [1.807, 2.05) is 0 Å². The Bertz CT molecular complexity index is 718. The van der Waals surface area contributed by atoms with Gasteiger partial charge in [0, 0.05) is 38.7 Å². The number of rotatable bonds is 4. The summed E-state index contributed by atoms with van der Waals surface area (Å²) in [6, 6.07) is 0. The van der Waals surface area contributed by atoms with Gasteiger partial charge >= 0.3 is 5.97 Å². The van der Waals surface area contributed by atoms with Gasteiger partial charge < -0.3 is 13.9 Å². The van der Waals surface area contributed by atoms with Crippen molar-refractivity contribution in [2.24, 2.45) is 23.7 Å². The van der Waals surface area contributed by atoms with Gasteiger partial charge in [-0.3, -0.25) is 4.79 Å². The number of ketones is 1. The second-order valence-corrected chi connectivity index (χ2v) is 16.4. The summed E-state index contributed by atoms with van der Waals surface area (Å²) >= 11 is 0. The molecule has 0 spiro atoms. The van der Waals surface area contributed by atoms with Gasteiger partial charge in [0.15, 0.2) is 8.32 Å². The quantitative estimate of drug-likeness (QED) is 0.424. The highest BCUT2D eigenvalue weighted by molar-refractivity contribution is 6.74. The first-order valence-corrected chi connectivity index (χ1v) is 14.4. The van der Waals surface area contributed by atoms with Crippen LogP contribution in [0.5, 0.6) is 0 Å². The van der Waals surface area contributed by atoms with E-state index in [1.54, 1.807) is 13.8 Å². The van der Waals surface area contributed by atoms with Crippen molar-refractivity contribution >= 4 is 20.1 Å². The molecule has 3 rings (SSSR count). The highest BCUT2D eigenvalue weighted by Gasteiger charge is 2.48. The molecule has 0 bridgehead atoms. The van der Waals surface area contributed by atoms with Gasteiger partial charge in [0.1, 0.15) is 11.5 Å². The number of carbonyl (C=O) groups excluding carboxylic acids is 2. The summed E-state index contributed by atoms with van der Waals surface area (Å²) in [6.07, 6.45) is 5.60. The molecule has 2 saturated carbocycles. The highest BCUT2D eigenvalue weighted by atomic mass is 28.4. The van der Waals surface area contributed by atoms with Gasteiger partial charge in [-0.25, -0.2) is 4.79 Å². The topological polar surface area (TPSA) is 61.8 Å². The van der Waals surface area contributed by atoms with Gasteiger partial charge in [0.25, 0.3) is 0 Å². The van der Waals surface area contributed by atoms with E-state index >= 15 is 0 Å². The lowest BCUT2D eigenvalue weighted by Crippen LogP contribution is -2.46. The molecule has 5 nitrogen and oxygen atoms in total. The zero-order chi connectivity index (χ0) is 22.5. The standard InChI is InChI=1S/C24H40O5Si/c1-15-9-10-18-19(15)14-20(25)16(11-17-13-22(26)28-24(5,6)27-17)12-21(18)29-30(7,8)23(2,3)4/h13,15-16,18-19,21H,9-12,14H2,1-8H3/t15-,16+,18-,19-,21-/m1/s1. The van der Waals surface area contributed by atoms with E-state index in [1.165, 1.54) is 12.5 Å². The molecule has 1 aliphatic heterocycles. The summed E-state index contributed by atoms with van der Waals surface area (Å²) in [6.45, 7) is 17.1. The average molecular weight is 437 g/mol. The van der Waals surface area contributed by atoms with Crippen LogP contribution in [0.4, 0.5) is 0 Å². The van der Waals surface area contributed by atoms with Gasteiger partial charge in [-0.05, 0) is 48.7 Å². The van der Waals surface area contributed by atoms with Gasteiger partial charge in [-0.1, -0.05) is 34.1 Å². The second-order valence-electron chi connectivity index (χ2n) is 11.6. The zero-order valence-electron chi connectivity index (χ0n) is 20.0. The van der Waals surface area contributed by atoms with E-state index in [0.717, 1.165) is 12.8 Å². The predicted octanol–water partition coefficient (Wildman–Crippen LogP) is 5.60. The Morgan fingerprint density at radius 1 is 1.13 bits per heavy atom. The Morgan fingerprint density at radius 2 is 1.80 bits per heavy atom. The highest BCUT2D eigenvalue weighted by Crippen LogP contribution is 2.49. The van der Waals surface area contributed by atoms with Crippen molar-refractivity contribution in [3.05, 3.63) is 11.8 Å².